The van der Waals surface area contributed by atoms with Gasteiger partial charge in [-0.1, -0.05) is 42.3 Å². The summed E-state index contributed by atoms with van der Waals surface area (Å²) in [5.74, 6) is 2.02. The van der Waals surface area contributed by atoms with Crippen molar-refractivity contribution in [1.29, 1.82) is 0 Å². The molecule has 0 spiro atoms. The minimum atomic E-state index is -0.579. The van der Waals surface area contributed by atoms with E-state index >= 15 is 0 Å². The van der Waals surface area contributed by atoms with Crippen molar-refractivity contribution in [1.82, 2.24) is 0 Å². The van der Waals surface area contributed by atoms with Crippen LogP contribution in [0.4, 0.5) is 0 Å². The number of terminal acetylenes is 1. The van der Waals surface area contributed by atoms with E-state index in [1.54, 1.807) is 6.08 Å². The lowest BCUT2D eigenvalue weighted by molar-refractivity contribution is -0.146. The average molecular weight is 286 g/mol. The molecule has 1 aliphatic rings. The molecule has 0 N–H and O–H groups in total. The van der Waals surface area contributed by atoms with Crippen molar-refractivity contribution in [3.05, 3.63) is 48.6 Å². The van der Waals surface area contributed by atoms with Gasteiger partial charge in [-0.25, -0.2) is 0 Å². The van der Waals surface area contributed by atoms with Crippen LogP contribution in [-0.4, -0.2) is 24.6 Å². The van der Waals surface area contributed by atoms with Gasteiger partial charge in [-0.15, -0.1) is 13.0 Å². The van der Waals surface area contributed by atoms with Crippen LogP contribution in [0.25, 0.3) is 0 Å². The average Bonchev–Trinajstić information content (AvgIpc) is 2.84. The summed E-state index contributed by atoms with van der Waals surface area (Å²) in [4.78, 5) is 0. The number of rotatable bonds is 6. The molecular weight excluding hydrogens is 264 g/mol. The van der Waals surface area contributed by atoms with Crippen LogP contribution in [0.3, 0.4) is 0 Å². The molecule has 0 bridgehead atoms. The lowest BCUT2D eigenvalue weighted by atomic mass is 9.96. The molecule has 0 saturated carbocycles. The van der Waals surface area contributed by atoms with Gasteiger partial charge in [0, 0.05) is 5.92 Å². The van der Waals surface area contributed by atoms with E-state index in [0.29, 0.717) is 13.2 Å². The van der Waals surface area contributed by atoms with Crippen molar-refractivity contribution in [2.45, 2.75) is 38.4 Å². The molecule has 1 aliphatic heterocycles. The smallest absolute Gasteiger partial charge is 0.163 e. The second kappa shape index (κ2) is 6.91. The maximum Gasteiger partial charge on any atom is 0.163 e. The Morgan fingerprint density at radius 3 is 2.71 bits per heavy atom. The van der Waals surface area contributed by atoms with E-state index in [2.05, 4.69) is 12.5 Å². The molecule has 3 nitrogen and oxygen atoms in total. The van der Waals surface area contributed by atoms with E-state index in [1.165, 1.54) is 0 Å². The Morgan fingerprint density at radius 2 is 2.19 bits per heavy atom. The van der Waals surface area contributed by atoms with Crippen molar-refractivity contribution in [3.63, 3.8) is 0 Å². The first-order valence-electron chi connectivity index (χ1n) is 7.12. The van der Waals surface area contributed by atoms with E-state index in [0.717, 1.165) is 5.56 Å². The Balaban J connectivity index is 1.98. The molecule has 1 saturated heterocycles. The topological polar surface area (TPSA) is 27.7 Å². The van der Waals surface area contributed by atoms with E-state index in [9.17, 15) is 0 Å². The fourth-order valence-electron chi connectivity index (χ4n) is 2.41. The SMILES string of the molecule is C#C[C@@H](OCc1ccccc1)[C@@H](C=C)[C@H]1COC(C)(C)O1. The molecule has 0 radical (unpaired) electrons. The summed E-state index contributed by atoms with van der Waals surface area (Å²) in [6.45, 7) is 8.62. The number of ether oxygens (including phenoxy) is 3. The third kappa shape index (κ3) is 4.18. The van der Waals surface area contributed by atoms with Crippen LogP contribution in [0.15, 0.2) is 43.0 Å². The molecule has 112 valence electrons. The van der Waals surface area contributed by atoms with Crippen LogP contribution in [0.5, 0.6) is 0 Å². The molecule has 1 heterocycles. The highest BCUT2D eigenvalue weighted by Gasteiger charge is 2.39. The maximum absolute atomic E-state index is 5.87. The monoisotopic (exact) mass is 286 g/mol. The third-order valence-electron chi connectivity index (χ3n) is 3.52. The normalized spacial score (nSPS) is 23.2. The van der Waals surface area contributed by atoms with Gasteiger partial charge in [0.05, 0.1) is 19.3 Å². The summed E-state index contributed by atoms with van der Waals surface area (Å²) in [6, 6.07) is 9.94. The minimum Gasteiger partial charge on any atom is -0.360 e. The van der Waals surface area contributed by atoms with E-state index in [1.807, 2.05) is 44.2 Å². The van der Waals surface area contributed by atoms with Gasteiger partial charge >= 0.3 is 0 Å². The van der Waals surface area contributed by atoms with E-state index in [4.69, 9.17) is 20.6 Å². The fraction of sp³-hybridized carbons (Fsp3) is 0.444. The molecule has 0 aromatic heterocycles. The number of hydrogen-bond acceptors (Lipinski definition) is 3. The summed E-state index contributed by atoms with van der Waals surface area (Å²) in [5.41, 5.74) is 1.09. The van der Waals surface area contributed by atoms with E-state index < -0.39 is 5.79 Å². The highest BCUT2D eigenvalue weighted by molar-refractivity contribution is 5.14. The molecule has 0 amide bonds. The zero-order valence-electron chi connectivity index (χ0n) is 12.6. The summed E-state index contributed by atoms with van der Waals surface area (Å²) >= 11 is 0. The van der Waals surface area contributed by atoms with Crippen molar-refractivity contribution in [2.75, 3.05) is 6.61 Å². The molecule has 0 unspecified atom stereocenters. The summed E-state index contributed by atoms with van der Waals surface area (Å²) in [7, 11) is 0. The van der Waals surface area contributed by atoms with Gasteiger partial charge in [0.2, 0.25) is 0 Å². The molecular formula is C18H22O3. The Bertz CT molecular complexity index is 501. The van der Waals surface area contributed by atoms with Crippen LogP contribution in [-0.2, 0) is 20.8 Å². The molecule has 1 fully saturated rings. The quantitative estimate of drug-likeness (QED) is 0.594. The van der Waals surface area contributed by atoms with Crippen molar-refractivity contribution in [3.8, 4) is 12.3 Å². The van der Waals surface area contributed by atoms with Crippen LogP contribution in [0, 0.1) is 18.3 Å². The van der Waals surface area contributed by atoms with Crippen LogP contribution >= 0.6 is 0 Å². The standard InChI is InChI=1S/C18H22O3/c1-5-15(17-13-20-18(3,4)21-17)16(6-2)19-12-14-10-8-7-9-11-14/h2,5,7-11,15-17H,1,12-13H2,3-4H3/t15-,16-,17-/m1/s1. The van der Waals surface area contributed by atoms with Gasteiger partial charge in [0.25, 0.3) is 0 Å². The van der Waals surface area contributed by atoms with Gasteiger partial charge < -0.3 is 14.2 Å². The minimum absolute atomic E-state index is 0.0968. The number of benzene rings is 1. The first-order valence-corrected chi connectivity index (χ1v) is 7.12. The molecule has 2 rings (SSSR count). The highest BCUT2D eigenvalue weighted by atomic mass is 16.7. The molecule has 21 heavy (non-hydrogen) atoms. The molecule has 3 heteroatoms. The van der Waals surface area contributed by atoms with Gasteiger partial charge in [0.15, 0.2) is 5.79 Å². The van der Waals surface area contributed by atoms with Crippen LogP contribution < -0.4 is 0 Å². The van der Waals surface area contributed by atoms with Gasteiger partial charge in [-0.3, -0.25) is 0 Å². The Kier molecular flexibility index (Phi) is 5.19. The Morgan fingerprint density at radius 1 is 1.48 bits per heavy atom. The first-order chi connectivity index (χ1) is 10.1. The summed E-state index contributed by atoms with van der Waals surface area (Å²) in [6.07, 6.45) is 6.91. The first kappa shape index (κ1) is 15.8. The molecule has 1 aromatic rings. The molecule has 3 atom stereocenters. The van der Waals surface area contributed by atoms with Gasteiger partial charge in [-0.05, 0) is 19.4 Å². The second-order valence-corrected chi connectivity index (χ2v) is 5.56. The van der Waals surface area contributed by atoms with Gasteiger partial charge in [-0.2, -0.15) is 0 Å². The largest absolute Gasteiger partial charge is 0.360 e. The van der Waals surface area contributed by atoms with E-state index in [-0.39, 0.29) is 18.1 Å². The highest BCUT2D eigenvalue weighted by Crippen LogP contribution is 2.30. The van der Waals surface area contributed by atoms with Crippen LogP contribution in [0.1, 0.15) is 19.4 Å². The predicted molar refractivity (Wildman–Crippen MR) is 82.4 cm³/mol. The third-order valence-corrected chi connectivity index (χ3v) is 3.52. The lowest BCUT2D eigenvalue weighted by Crippen LogP contribution is -2.34. The second-order valence-electron chi connectivity index (χ2n) is 5.56. The van der Waals surface area contributed by atoms with Gasteiger partial charge in [0.1, 0.15) is 6.10 Å². The Hall–Kier alpha value is -1.60. The summed E-state index contributed by atoms with van der Waals surface area (Å²) < 4.78 is 17.3. The molecule has 0 aliphatic carbocycles. The molecule has 1 aromatic carbocycles. The predicted octanol–water partition coefficient (Wildman–Crippen LogP) is 3.16. The van der Waals surface area contributed by atoms with Crippen molar-refractivity contribution < 1.29 is 14.2 Å². The van der Waals surface area contributed by atoms with Crippen LogP contribution in [0.2, 0.25) is 0 Å². The lowest BCUT2D eigenvalue weighted by Gasteiger charge is -2.26. The number of hydrogen-bond donors (Lipinski definition) is 0. The Labute approximate surface area is 126 Å². The zero-order valence-corrected chi connectivity index (χ0v) is 12.6. The summed E-state index contributed by atoms with van der Waals surface area (Å²) in [5, 5.41) is 0. The maximum atomic E-state index is 5.87. The van der Waals surface area contributed by atoms with Crippen molar-refractivity contribution >= 4 is 0 Å². The van der Waals surface area contributed by atoms with Crippen molar-refractivity contribution in [2.24, 2.45) is 5.92 Å². The zero-order chi connectivity index (χ0) is 15.3. The fourth-order valence-corrected chi connectivity index (χ4v) is 2.41.